The highest BCUT2D eigenvalue weighted by atomic mass is 16.2. The van der Waals surface area contributed by atoms with Gasteiger partial charge in [-0.2, -0.15) is 0 Å². The Morgan fingerprint density at radius 1 is 1.00 bits per heavy atom. The van der Waals surface area contributed by atoms with Crippen LogP contribution >= 0.6 is 0 Å². The highest BCUT2D eigenvalue weighted by Crippen LogP contribution is 2.12. The van der Waals surface area contributed by atoms with Crippen LogP contribution in [0.25, 0.3) is 0 Å². The fourth-order valence-corrected chi connectivity index (χ4v) is 2.34. The summed E-state index contributed by atoms with van der Waals surface area (Å²) >= 11 is 0. The molecule has 24 heavy (non-hydrogen) atoms. The summed E-state index contributed by atoms with van der Waals surface area (Å²) in [6.07, 6.45) is 3.11. The van der Waals surface area contributed by atoms with Crippen molar-refractivity contribution in [3.63, 3.8) is 0 Å². The van der Waals surface area contributed by atoms with E-state index in [1.807, 2.05) is 30.3 Å². The van der Waals surface area contributed by atoms with Gasteiger partial charge in [-0.05, 0) is 36.6 Å². The number of carbonyl (C=O) groups excluding carboxylic acids is 2. The molecule has 0 bridgehead atoms. The molecule has 0 saturated carbocycles. The van der Waals surface area contributed by atoms with Gasteiger partial charge in [0, 0.05) is 24.2 Å². The Kier molecular flexibility index (Phi) is 7.02. The zero-order valence-corrected chi connectivity index (χ0v) is 14.0. The average Bonchev–Trinajstić information content (AvgIpc) is 2.61. The van der Waals surface area contributed by atoms with E-state index in [2.05, 4.69) is 17.6 Å². The molecule has 4 nitrogen and oxygen atoms in total. The molecule has 0 spiro atoms. The molecule has 4 heteroatoms. The Hall–Kier alpha value is -2.62. The molecule has 0 aliphatic rings. The lowest BCUT2D eigenvalue weighted by Crippen LogP contribution is -2.24. The van der Waals surface area contributed by atoms with Crippen LogP contribution in [0.15, 0.2) is 54.6 Å². The van der Waals surface area contributed by atoms with Crippen molar-refractivity contribution in [2.45, 2.75) is 32.6 Å². The van der Waals surface area contributed by atoms with Crippen LogP contribution in [0.4, 0.5) is 5.69 Å². The molecule has 0 aromatic heterocycles. The van der Waals surface area contributed by atoms with Crippen molar-refractivity contribution in [1.82, 2.24) is 5.32 Å². The van der Waals surface area contributed by atoms with Crippen LogP contribution in [0, 0.1) is 0 Å². The average molecular weight is 324 g/mol. The lowest BCUT2D eigenvalue weighted by atomic mass is 10.1. The van der Waals surface area contributed by atoms with Gasteiger partial charge in [-0.1, -0.05) is 49.7 Å². The molecule has 0 radical (unpaired) electrons. The van der Waals surface area contributed by atoms with Crippen molar-refractivity contribution < 1.29 is 9.59 Å². The Morgan fingerprint density at radius 3 is 2.54 bits per heavy atom. The molecule has 2 amide bonds. The van der Waals surface area contributed by atoms with E-state index in [-0.39, 0.29) is 11.8 Å². The number of benzene rings is 2. The lowest BCUT2D eigenvalue weighted by Gasteiger charge is -2.08. The monoisotopic (exact) mass is 324 g/mol. The first kappa shape index (κ1) is 17.7. The summed E-state index contributed by atoms with van der Waals surface area (Å²) in [5.74, 6) is -0.161. The SMILES string of the molecule is CCCCNC(=O)c1cccc(NC(=O)CCc2ccccc2)c1. The van der Waals surface area contributed by atoms with E-state index in [9.17, 15) is 9.59 Å². The molecule has 0 unspecified atom stereocenters. The largest absolute Gasteiger partial charge is 0.352 e. The summed E-state index contributed by atoms with van der Waals surface area (Å²) in [6.45, 7) is 2.75. The molecular formula is C20H24N2O2. The molecule has 126 valence electrons. The van der Waals surface area contributed by atoms with Crippen molar-refractivity contribution in [2.75, 3.05) is 11.9 Å². The standard InChI is InChI=1S/C20H24N2O2/c1-2-3-14-21-20(24)17-10-7-11-18(15-17)22-19(23)13-12-16-8-5-4-6-9-16/h4-11,15H,2-3,12-14H2,1H3,(H,21,24)(H,22,23). The Bertz CT molecular complexity index is 668. The fourth-order valence-electron chi connectivity index (χ4n) is 2.34. The summed E-state index contributed by atoms with van der Waals surface area (Å²) in [4.78, 5) is 24.1. The minimum atomic E-state index is -0.108. The molecule has 0 aliphatic heterocycles. The van der Waals surface area contributed by atoms with Crippen molar-refractivity contribution in [1.29, 1.82) is 0 Å². The normalized spacial score (nSPS) is 10.2. The molecule has 0 saturated heterocycles. The molecule has 2 aromatic carbocycles. The smallest absolute Gasteiger partial charge is 0.251 e. The van der Waals surface area contributed by atoms with E-state index >= 15 is 0 Å². The van der Waals surface area contributed by atoms with Crippen molar-refractivity contribution in [3.8, 4) is 0 Å². The van der Waals surface area contributed by atoms with Gasteiger partial charge in [0.15, 0.2) is 0 Å². The second kappa shape index (κ2) is 9.50. The molecule has 2 N–H and O–H groups in total. The summed E-state index contributed by atoms with van der Waals surface area (Å²) < 4.78 is 0. The van der Waals surface area contributed by atoms with E-state index in [4.69, 9.17) is 0 Å². The third-order valence-electron chi connectivity index (χ3n) is 3.71. The highest BCUT2D eigenvalue weighted by molar-refractivity contribution is 5.97. The number of rotatable bonds is 8. The molecule has 0 fully saturated rings. The van der Waals surface area contributed by atoms with Crippen LogP contribution in [0.2, 0.25) is 0 Å². The van der Waals surface area contributed by atoms with Gasteiger partial charge in [0.2, 0.25) is 5.91 Å². The molecule has 0 heterocycles. The lowest BCUT2D eigenvalue weighted by molar-refractivity contribution is -0.116. The zero-order chi connectivity index (χ0) is 17.2. The topological polar surface area (TPSA) is 58.2 Å². The maximum Gasteiger partial charge on any atom is 0.251 e. The minimum absolute atomic E-state index is 0.0533. The van der Waals surface area contributed by atoms with Gasteiger partial charge in [0.25, 0.3) is 5.91 Å². The van der Waals surface area contributed by atoms with Crippen LogP contribution in [0.3, 0.4) is 0 Å². The number of amides is 2. The first-order valence-electron chi connectivity index (χ1n) is 8.41. The summed E-state index contributed by atoms with van der Waals surface area (Å²) in [7, 11) is 0. The number of hydrogen-bond acceptors (Lipinski definition) is 2. The van der Waals surface area contributed by atoms with Crippen molar-refractivity contribution >= 4 is 17.5 Å². The number of anilines is 1. The third-order valence-corrected chi connectivity index (χ3v) is 3.71. The third kappa shape index (κ3) is 5.88. The summed E-state index contributed by atoms with van der Waals surface area (Å²) in [6, 6.07) is 16.9. The quantitative estimate of drug-likeness (QED) is 0.726. The molecule has 0 atom stereocenters. The van der Waals surface area contributed by atoms with Crippen molar-refractivity contribution in [2.24, 2.45) is 0 Å². The fraction of sp³-hybridized carbons (Fsp3) is 0.300. The number of carbonyl (C=O) groups is 2. The predicted molar refractivity (Wildman–Crippen MR) is 97.1 cm³/mol. The minimum Gasteiger partial charge on any atom is -0.352 e. The molecule has 2 aromatic rings. The van der Waals surface area contributed by atoms with E-state index < -0.39 is 0 Å². The van der Waals surface area contributed by atoms with Crippen LogP contribution in [0.5, 0.6) is 0 Å². The maximum absolute atomic E-state index is 12.1. The summed E-state index contributed by atoms with van der Waals surface area (Å²) in [5.41, 5.74) is 2.35. The van der Waals surface area contributed by atoms with Gasteiger partial charge in [-0.25, -0.2) is 0 Å². The van der Waals surface area contributed by atoms with Gasteiger partial charge in [-0.3, -0.25) is 9.59 Å². The number of aryl methyl sites for hydroxylation is 1. The van der Waals surface area contributed by atoms with Crippen LogP contribution < -0.4 is 10.6 Å². The van der Waals surface area contributed by atoms with E-state index in [1.54, 1.807) is 24.3 Å². The van der Waals surface area contributed by atoms with Crippen molar-refractivity contribution in [3.05, 3.63) is 65.7 Å². The van der Waals surface area contributed by atoms with Gasteiger partial charge >= 0.3 is 0 Å². The van der Waals surface area contributed by atoms with Gasteiger partial charge in [0.05, 0.1) is 0 Å². The maximum atomic E-state index is 12.1. The van der Waals surface area contributed by atoms with E-state index in [0.717, 1.165) is 18.4 Å². The van der Waals surface area contributed by atoms with Crippen LogP contribution in [-0.4, -0.2) is 18.4 Å². The van der Waals surface area contributed by atoms with Gasteiger partial charge in [0.1, 0.15) is 0 Å². The number of hydrogen-bond donors (Lipinski definition) is 2. The highest BCUT2D eigenvalue weighted by Gasteiger charge is 2.07. The second-order valence-electron chi connectivity index (χ2n) is 5.72. The van der Waals surface area contributed by atoms with E-state index in [1.165, 1.54) is 0 Å². The molecular weight excluding hydrogens is 300 g/mol. The van der Waals surface area contributed by atoms with Crippen LogP contribution in [-0.2, 0) is 11.2 Å². The second-order valence-corrected chi connectivity index (χ2v) is 5.72. The Labute approximate surface area is 143 Å². The Balaban J connectivity index is 1.86. The molecule has 0 aliphatic carbocycles. The number of unbranched alkanes of at least 4 members (excludes halogenated alkanes) is 1. The summed E-state index contributed by atoms with van der Waals surface area (Å²) in [5, 5.41) is 5.73. The first-order chi connectivity index (χ1) is 11.7. The number of nitrogens with one attached hydrogen (secondary N) is 2. The first-order valence-corrected chi connectivity index (χ1v) is 8.41. The molecule has 2 rings (SSSR count). The van der Waals surface area contributed by atoms with Crippen LogP contribution in [0.1, 0.15) is 42.1 Å². The predicted octanol–water partition coefficient (Wildman–Crippen LogP) is 3.79. The van der Waals surface area contributed by atoms with Gasteiger partial charge < -0.3 is 10.6 Å². The Morgan fingerprint density at radius 2 is 1.79 bits per heavy atom. The van der Waals surface area contributed by atoms with E-state index in [0.29, 0.717) is 30.6 Å². The zero-order valence-electron chi connectivity index (χ0n) is 14.0. The van der Waals surface area contributed by atoms with Gasteiger partial charge in [-0.15, -0.1) is 0 Å².